The highest BCUT2D eigenvalue weighted by Crippen LogP contribution is 2.16. The van der Waals surface area contributed by atoms with E-state index >= 15 is 0 Å². The van der Waals surface area contributed by atoms with E-state index in [2.05, 4.69) is 18.1 Å². The minimum Gasteiger partial charge on any atom is -0.342 e. The molecular weight excluding hydrogens is 228 g/mol. The van der Waals surface area contributed by atoms with Crippen molar-refractivity contribution in [3.8, 4) is 0 Å². The smallest absolute Gasteiger partial charge is 0.222 e. The van der Waals surface area contributed by atoms with Crippen LogP contribution in [-0.2, 0) is 11.3 Å². The van der Waals surface area contributed by atoms with Crippen molar-refractivity contribution in [3.05, 3.63) is 17.5 Å². The molecule has 18 heavy (non-hydrogen) atoms. The summed E-state index contributed by atoms with van der Waals surface area (Å²) in [6.07, 6.45) is 1.57. The summed E-state index contributed by atoms with van der Waals surface area (Å²) in [5, 5.41) is 4.42. The third kappa shape index (κ3) is 2.90. The number of nitrogens with zero attached hydrogens (tertiary/aromatic N) is 3. The number of nitrogens with two attached hydrogens (primary N) is 1. The molecule has 1 unspecified atom stereocenters. The normalized spacial score (nSPS) is 19.8. The monoisotopic (exact) mass is 250 g/mol. The highest BCUT2D eigenvalue weighted by molar-refractivity contribution is 5.78. The lowest BCUT2D eigenvalue weighted by Gasteiger charge is -2.16. The molecule has 1 aromatic heterocycles. The first kappa shape index (κ1) is 13.1. The second-order valence-corrected chi connectivity index (χ2v) is 5.15. The molecular formula is C13H22N4O. The zero-order chi connectivity index (χ0) is 13.1. The highest BCUT2D eigenvalue weighted by Gasteiger charge is 2.27. The van der Waals surface area contributed by atoms with Crippen LogP contribution >= 0.6 is 0 Å². The lowest BCUT2D eigenvalue weighted by molar-refractivity contribution is -0.127. The van der Waals surface area contributed by atoms with Crippen molar-refractivity contribution < 1.29 is 4.79 Å². The van der Waals surface area contributed by atoms with Gasteiger partial charge >= 0.3 is 0 Å². The summed E-state index contributed by atoms with van der Waals surface area (Å²) in [6, 6.07) is 2.07. The molecule has 1 saturated heterocycles. The second kappa shape index (κ2) is 5.52. The van der Waals surface area contributed by atoms with Crippen LogP contribution < -0.4 is 5.73 Å². The Morgan fingerprint density at radius 1 is 1.44 bits per heavy atom. The van der Waals surface area contributed by atoms with Crippen LogP contribution in [-0.4, -0.2) is 40.2 Å². The van der Waals surface area contributed by atoms with Crippen molar-refractivity contribution in [2.45, 2.75) is 33.2 Å². The molecule has 100 valence electrons. The quantitative estimate of drug-likeness (QED) is 0.836. The molecule has 1 amide bonds. The Morgan fingerprint density at radius 2 is 2.22 bits per heavy atom. The number of aryl methyl sites for hydroxylation is 3. The Kier molecular flexibility index (Phi) is 4.01. The number of rotatable bonds is 5. The standard InChI is InChI=1S/C13H22N4O/c1-10-6-11(2)17(15-10)5-3-4-16-9-12(8-14)7-13(16)18/h6,12H,3-5,7-9,14H2,1-2H3. The number of amides is 1. The SMILES string of the molecule is Cc1cc(C)n(CCCN2CC(CN)CC2=O)n1. The first-order chi connectivity index (χ1) is 8.60. The number of carbonyl (C=O) groups is 1. The molecule has 0 aliphatic carbocycles. The summed E-state index contributed by atoms with van der Waals surface area (Å²) in [6.45, 7) is 7.18. The van der Waals surface area contributed by atoms with Gasteiger partial charge in [0.25, 0.3) is 0 Å². The molecule has 2 N–H and O–H groups in total. The Labute approximate surface area is 108 Å². The zero-order valence-corrected chi connectivity index (χ0v) is 11.2. The summed E-state index contributed by atoms with van der Waals surface area (Å²) < 4.78 is 2.01. The Hall–Kier alpha value is -1.36. The van der Waals surface area contributed by atoms with Gasteiger partial charge in [-0.3, -0.25) is 9.48 Å². The fourth-order valence-corrected chi connectivity index (χ4v) is 2.54. The first-order valence-corrected chi connectivity index (χ1v) is 6.59. The second-order valence-electron chi connectivity index (χ2n) is 5.15. The van der Waals surface area contributed by atoms with Crippen LogP contribution in [0.5, 0.6) is 0 Å². The van der Waals surface area contributed by atoms with E-state index in [1.807, 2.05) is 16.5 Å². The fraction of sp³-hybridized carbons (Fsp3) is 0.692. The van der Waals surface area contributed by atoms with E-state index in [1.54, 1.807) is 0 Å². The van der Waals surface area contributed by atoms with Gasteiger partial charge in [-0.15, -0.1) is 0 Å². The van der Waals surface area contributed by atoms with Gasteiger partial charge in [-0.2, -0.15) is 5.10 Å². The average Bonchev–Trinajstić information content (AvgIpc) is 2.83. The maximum atomic E-state index is 11.7. The van der Waals surface area contributed by atoms with Crippen LogP contribution in [0.15, 0.2) is 6.07 Å². The highest BCUT2D eigenvalue weighted by atomic mass is 16.2. The summed E-state index contributed by atoms with van der Waals surface area (Å²) in [7, 11) is 0. The molecule has 1 aliphatic heterocycles. The Balaban J connectivity index is 1.79. The van der Waals surface area contributed by atoms with Crippen LogP contribution in [0.25, 0.3) is 0 Å². The summed E-state index contributed by atoms with van der Waals surface area (Å²) >= 11 is 0. The molecule has 0 aromatic carbocycles. The van der Waals surface area contributed by atoms with Crippen LogP contribution in [0.3, 0.4) is 0 Å². The van der Waals surface area contributed by atoms with Crippen molar-refractivity contribution in [3.63, 3.8) is 0 Å². The molecule has 1 aliphatic rings. The van der Waals surface area contributed by atoms with Gasteiger partial charge in [0.05, 0.1) is 5.69 Å². The Morgan fingerprint density at radius 3 is 2.78 bits per heavy atom. The average molecular weight is 250 g/mol. The van der Waals surface area contributed by atoms with Crippen molar-refractivity contribution >= 4 is 5.91 Å². The topological polar surface area (TPSA) is 64.2 Å². The number of hydrogen-bond donors (Lipinski definition) is 1. The number of aromatic nitrogens is 2. The van der Waals surface area contributed by atoms with Crippen LogP contribution in [0, 0.1) is 19.8 Å². The molecule has 1 atom stereocenters. The molecule has 2 rings (SSSR count). The zero-order valence-electron chi connectivity index (χ0n) is 11.2. The van der Waals surface area contributed by atoms with Crippen molar-refractivity contribution in [1.82, 2.24) is 14.7 Å². The molecule has 0 spiro atoms. The summed E-state index contributed by atoms with van der Waals surface area (Å²) in [4.78, 5) is 13.6. The van der Waals surface area contributed by atoms with E-state index < -0.39 is 0 Å². The predicted octanol–water partition coefficient (Wildman–Crippen LogP) is 0.697. The van der Waals surface area contributed by atoms with Crippen LogP contribution in [0.4, 0.5) is 0 Å². The molecule has 5 heteroatoms. The first-order valence-electron chi connectivity index (χ1n) is 6.59. The van der Waals surface area contributed by atoms with E-state index in [-0.39, 0.29) is 5.91 Å². The van der Waals surface area contributed by atoms with E-state index in [1.165, 1.54) is 5.69 Å². The Bertz CT molecular complexity index is 427. The molecule has 0 radical (unpaired) electrons. The molecule has 5 nitrogen and oxygen atoms in total. The number of likely N-dealkylation sites (tertiary alicyclic amines) is 1. The summed E-state index contributed by atoms with van der Waals surface area (Å²) in [5.74, 6) is 0.602. The van der Waals surface area contributed by atoms with Gasteiger partial charge in [-0.05, 0) is 38.8 Å². The molecule has 2 heterocycles. The van der Waals surface area contributed by atoms with E-state index in [0.717, 1.165) is 31.7 Å². The predicted molar refractivity (Wildman–Crippen MR) is 70.1 cm³/mol. The van der Waals surface area contributed by atoms with Crippen molar-refractivity contribution in [2.75, 3.05) is 19.6 Å². The minimum absolute atomic E-state index is 0.249. The van der Waals surface area contributed by atoms with Gasteiger partial charge in [-0.25, -0.2) is 0 Å². The van der Waals surface area contributed by atoms with Crippen LogP contribution in [0.2, 0.25) is 0 Å². The largest absolute Gasteiger partial charge is 0.342 e. The summed E-state index contributed by atoms with van der Waals surface area (Å²) in [5.41, 5.74) is 7.84. The fourth-order valence-electron chi connectivity index (χ4n) is 2.54. The van der Waals surface area contributed by atoms with Crippen molar-refractivity contribution in [1.29, 1.82) is 0 Å². The van der Waals surface area contributed by atoms with Gasteiger partial charge in [0.2, 0.25) is 5.91 Å². The number of carbonyl (C=O) groups excluding carboxylic acids is 1. The molecule has 0 bridgehead atoms. The van der Waals surface area contributed by atoms with Gasteiger partial charge < -0.3 is 10.6 Å². The van der Waals surface area contributed by atoms with Gasteiger partial charge in [0.1, 0.15) is 0 Å². The van der Waals surface area contributed by atoms with Crippen molar-refractivity contribution in [2.24, 2.45) is 11.7 Å². The third-order valence-electron chi connectivity index (χ3n) is 3.53. The van der Waals surface area contributed by atoms with Gasteiger partial charge in [0, 0.05) is 31.7 Å². The third-order valence-corrected chi connectivity index (χ3v) is 3.53. The maximum absolute atomic E-state index is 11.7. The van der Waals surface area contributed by atoms with Gasteiger partial charge in [-0.1, -0.05) is 0 Å². The van der Waals surface area contributed by atoms with E-state index in [4.69, 9.17) is 5.73 Å². The molecule has 0 saturated carbocycles. The molecule has 1 aromatic rings. The van der Waals surface area contributed by atoms with E-state index in [0.29, 0.717) is 18.9 Å². The van der Waals surface area contributed by atoms with E-state index in [9.17, 15) is 4.79 Å². The van der Waals surface area contributed by atoms with Crippen LogP contribution in [0.1, 0.15) is 24.2 Å². The maximum Gasteiger partial charge on any atom is 0.222 e. The number of hydrogen-bond acceptors (Lipinski definition) is 3. The minimum atomic E-state index is 0.249. The van der Waals surface area contributed by atoms with Gasteiger partial charge in [0.15, 0.2) is 0 Å². The lowest BCUT2D eigenvalue weighted by Crippen LogP contribution is -2.28. The molecule has 1 fully saturated rings. The lowest BCUT2D eigenvalue weighted by atomic mass is 10.1.